The average molecular weight is 172 g/mol. The van der Waals surface area contributed by atoms with Crippen LogP contribution in [0.2, 0.25) is 0 Å². The number of nitrogens with zero attached hydrogens (tertiary/aromatic N) is 1. The molecule has 2 N–H and O–H groups in total. The van der Waals surface area contributed by atoms with Crippen LogP contribution in [0.1, 0.15) is 33.6 Å². The van der Waals surface area contributed by atoms with Gasteiger partial charge in [0, 0.05) is 19.1 Å². The van der Waals surface area contributed by atoms with Crippen LogP contribution in [0, 0.1) is 5.92 Å². The van der Waals surface area contributed by atoms with Crippen LogP contribution in [0.15, 0.2) is 0 Å². The highest BCUT2D eigenvalue weighted by Crippen LogP contribution is 2.09. The van der Waals surface area contributed by atoms with Gasteiger partial charge in [-0.05, 0) is 32.7 Å². The first-order valence-corrected chi connectivity index (χ1v) is 4.98. The van der Waals surface area contributed by atoms with E-state index in [-0.39, 0.29) is 0 Å². The summed E-state index contributed by atoms with van der Waals surface area (Å²) in [5, 5.41) is 0. The van der Waals surface area contributed by atoms with Crippen molar-refractivity contribution in [2.24, 2.45) is 11.7 Å². The molecule has 74 valence electrons. The standard InChI is InChI=1S/C10H24N2/c1-9(2)5-6-10(3)12(4)8-7-11/h9-10H,5-8,11H2,1-4H3. The molecule has 0 aromatic rings. The van der Waals surface area contributed by atoms with E-state index in [0.29, 0.717) is 6.04 Å². The maximum atomic E-state index is 5.48. The third-order valence-corrected chi connectivity index (χ3v) is 2.40. The van der Waals surface area contributed by atoms with E-state index >= 15 is 0 Å². The van der Waals surface area contributed by atoms with Crippen LogP contribution in [0.25, 0.3) is 0 Å². The van der Waals surface area contributed by atoms with Crippen molar-refractivity contribution in [3.05, 3.63) is 0 Å². The lowest BCUT2D eigenvalue weighted by molar-refractivity contribution is 0.242. The molecular weight excluding hydrogens is 148 g/mol. The van der Waals surface area contributed by atoms with Crippen LogP contribution in [0.5, 0.6) is 0 Å². The van der Waals surface area contributed by atoms with Gasteiger partial charge in [0.2, 0.25) is 0 Å². The van der Waals surface area contributed by atoms with Crippen molar-refractivity contribution < 1.29 is 0 Å². The molecule has 0 bridgehead atoms. The van der Waals surface area contributed by atoms with E-state index in [9.17, 15) is 0 Å². The van der Waals surface area contributed by atoms with Gasteiger partial charge in [0.05, 0.1) is 0 Å². The topological polar surface area (TPSA) is 29.3 Å². The summed E-state index contributed by atoms with van der Waals surface area (Å²) in [5.41, 5.74) is 5.48. The summed E-state index contributed by atoms with van der Waals surface area (Å²) in [7, 11) is 2.15. The van der Waals surface area contributed by atoms with E-state index in [2.05, 4.69) is 32.7 Å². The molecule has 0 amide bonds. The molecule has 2 nitrogen and oxygen atoms in total. The fraction of sp³-hybridized carbons (Fsp3) is 1.00. The minimum absolute atomic E-state index is 0.677. The average Bonchev–Trinajstić information content (AvgIpc) is 2.00. The number of nitrogens with two attached hydrogens (primary N) is 1. The highest BCUT2D eigenvalue weighted by atomic mass is 15.1. The molecule has 1 atom stereocenters. The normalized spacial score (nSPS) is 14.2. The quantitative estimate of drug-likeness (QED) is 0.661. The van der Waals surface area contributed by atoms with Crippen molar-refractivity contribution in [2.45, 2.75) is 39.7 Å². The van der Waals surface area contributed by atoms with Crippen molar-refractivity contribution >= 4 is 0 Å². The molecule has 0 aliphatic heterocycles. The lowest BCUT2D eigenvalue weighted by atomic mass is 10.0. The molecule has 0 aliphatic rings. The predicted octanol–water partition coefficient (Wildman–Crippen LogP) is 1.70. The summed E-state index contributed by atoms with van der Waals surface area (Å²) in [6, 6.07) is 0.677. The highest BCUT2D eigenvalue weighted by Gasteiger charge is 2.08. The van der Waals surface area contributed by atoms with Crippen molar-refractivity contribution in [1.29, 1.82) is 0 Å². The second-order valence-electron chi connectivity index (χ2n) is 4.09. The first kappa shape index (κ1) is 11.9. The SMILES string of the molecule is CC(C)CCC(C)N(C)CCN. The second kappa shape index (κ2) is 6.44. The van der Waals surface area contributed by atoms with E-state index < -0.39 is 0 Å². The minimum Gasteiger partial charge on any atom is -0.329 e. The Labute approximate surface area is 77.1 Å². The van der Waals surface area contributed by atoms with Gasteiger partial charge >= 0.3 is 0 Å². The Bertz CT molecular complexity index is 102. The Kier molecular flexibility index (Phi) is 6.39. The van der Waals surface area contributed by atoms with Crippen LogP contribution in [-0.4, -0.2) is 31.1 Å². The van der Waals surface area contributed by atoms with Gasteiger partial charge < -0.3 is 10.6 Å². The molecule has 0 aromatic heterocycles. The number of hydrogen-bond donors (Lipinski definition) is 1. The summed E-state index contributed by atoms with van der Waals surface area (Å²) in [5.74, 6) is 0.818. The van der Waals surface area contributed by atoms with Gasteiger partial charge in [0.1, 0.15) is 0 Å². The van der Waals surface area contributed by atoms with E-state index in [1.807, 2.05) is 0 Å². The maximum Gasteiger partial charge on any atom is 0.0104 e. The maximum absolute atomic E-state index is 5.48. The predicted molar refractivity (Wildman–Crippen MR) is 55.2 cm³/mol. The van der Waals surface area contributed by atoms with Gasteiger partial charge in [-0.15, -0.1) is 0 Å². The van der Waals surface area contributed by atoms with Gasteiger partial charge in [-0.25, -0.2) is 0 Å². The Hall–Kier alpha value is -0.0800. The summed E-state index contributed by atoms with van der Waals surface area (Å²) in [6.07, 6.45) is 2.60. The molecule has 0 aromatic carbocycles. The van der Waals surface area contributed by atoms with E-state index in [4.69, 9.17) is 5.73 Å². The molecule has 0 spiro atoms. The van der Waals surface area contributed by atoms with Crippen LogP contribution < -0.4 is 5.73 Å². The zero-order chi connectivity index (χ0) is 9.56. The molecule has 0 saturated heterocycles. The third kappa shape index (κ3) is 5.56. The minimum atomic E-state index is 0.677. The summed E-state index contributed by atoms with van der Waals surface area (Å²) >= 11 is 0. The fourth-order valence-corrected chi connectivity index (χ4v) is 1.22. The molecule has 12 heavy (non-hydrogen) atoms. The van der Waals surface area contributed by atoms with E-state index in [0.717, 1.165) is 19.0 Å². The lowest BCUT2D eigenvalue weighted by Crippen LogP contribution is -2.33. The van der Waals surface area contributed by atoms with Crippen LogP contribution in [0.3, 0.4) is 0 Å². The van der Waals surface area contributed by atoms with E-state index in [1.165, 1.54) is 12.8 Å². The Morgan fingerprint density at radius 2 is 1.75 bits per heavy atom. The number of rotatable bonds is 6. The summed E-state index contributed by atoms with van der Waals surface area (Å²) < 4.78 is 0. The molecule has 2 heteroatoms. The van der Waals surface area contributed by atoms with Crippen molar-refractivity contribution in [3.8, 4) is 0 Å². The zero-order valence-corrected chi connectivity index (χ0v) is 9.01. The van der Waals surface area contributed by atoms with Gasteiger partial charge in [-0.1, -0.05) is 13.8 Å². The number of hydrogen-bond acceptors (Lipinski definition) is 2. The monoisotopic (exact) mass is 172 g/mol. The number of likely N-dealkylation sites (N-methyl/N-ethyl adjacent to an activating group) is 1. The first-order valence-electron chi connectivity index (χ1n) is 4.98. The molecule has 0 saturated carbocycles. The van der Waals surface area contributed by atoms with Gasteiger partial charge in [0.15, 0.2) is 0 Å². The fourth-order valence-electron chi connectivity index (χ4n) is 1.22. The Morgan fingerprint density at radius 1 is 1.17 bits per heavy atom. The van der Waals surface area contributed by atoms with Crippen molar-refractivity contribution in [3.63, 3.8) is 0 Å². The molecule has 0 aliphatic carbocycles. The molecule has 0 fully saturated rings. The third-order valence-electron chi connectivity index (χ3n) is 2.40. The van der Waals surface area contributed by atoms with Gasteiger partial charge in [0.25, 0.3) is 0 Å². The highest BCUT2D eigenvalue weighted by molar-refractivity contribution is 4.64. The Morgan fingerprint density at radius 3 is 2.17 bits per heavy atom. The second-order valence-corrected chi connectivity index (χ2v) is 4.09. The summed E-state index contributed by atoms with van der Waals surface area (Å²) in [4.78, 5) is 2.34. The largest absolute Gasteiger partial charge is 0.329 e. The zero-order valence-electron chi connectivity index (χ0n) is 9.01. The Balaban J connectivity index is 3.49. The molecular formula is C10H24N2. The lowest BCUT2D eigenvalue weighted by Gasteiger charge is -2.24. The van der Waals surface area contributed by atoms with Crippen molar-refractivity contribution in [1.82, 2.24) is 4.90 Å². The van der Waals surface area contributed by atoms with Gasteiger partial charge in [-0.3, -0.25) is 0 Å². The van der Waals surface area contributed by atoms with Gasteiger partial charge in [-0.2, -0.15) is 0 Å². The molecule has 0 rings (SSSR count). The van der Waals surface area contributed by atoms with Crippen LogP contribution >= 0.6 is 0 Å². The summed E-state index contributed by atoms with van der Waals surface area (Å²) in [6.45, 7) is 8.60. The van der Waals surface area contributed by atoms with Crippen molar-refractivity contribution in [2.75, 3.05) is 20.1 Å². The van der Waals surface area contributed by atoms with E-state index in [1.54, 1.807) is 0 Å². The molecule has 1 unspecified atom stereocenters. The smallest absolute Gasteiger partial charge is 0.0104 e. The van der Waals surface area contributed by atoms with Crippen LogP contribution in [0.4, 0.5) is 0 Å². The molecule has 0 heterocycles. The first-order chi connectivity index (χ1) is 5.57. The molecule has 0 radical (unpaired) electrons. The van der Waals surface area contributed by atoms with Crippen LogP contribution in [-0.2, 0) is 0 Å².